The van der Waals surface area contributed by atoms with Crippen LogP contribution in [0.5, 0.6) is 0 Å². The van der Waals surface area contributed by atoms with Crippen molar-refractivity contribution < 1.29 is 19.1 Å². The van der Waals surface area contributed by atoms with E-state index in [9.17, 15) is 9.59 Å². The van der Waals surface area contributed by atoms with Crippen molar-refractivity contribution in [1.82, 2.24) is 0 Å². The van der Waals surface area contributed by atoms with Gasteiger partial charge in [-0.2, -0.15) is 0 Å². The third-order valence-corrected chi connectivity index (χ3v) is 2.96. The molecule has 1 aromatic rings. The summed E-state index contributed by atoms with van der Waals surface area (Å²) in [7, 11) is 0. The number of carbonyl (C=O) groups excluding carboxylic acids is 2. The Bertz CT molecular complexity index is 437. The zero-order valence-electron chi connectivity index (χ0n) is 10.6. The summed E-state index contributed by atoms with van der Waals surface area (Å²) >= 11 is 0. The Morgan fingerprint density at radius 2 is 1.95 bits per heavy atom. The largest absolute Gasteiger partial charge is 0.350 e. The van der Waals surface area contributed by atoms with E-state index in [0.717, 1.165) is 5.56 Å². The number of Topliss-reactive ketones (excluding diaryl/α,β-unsaturated/α-hetero) is 1. The molecule has 1 aliphatic heterocycles. The number of ketones is 1. The van der Waals surface area contributed by atoms with Gasteiger partial charge in [0.05, 0.1) is 25.7 Å². The lowest BCUT2D eigenvalue weighted by atomic mass is 10.0. The molecule has 0 aliphatic carbocycles. The molecule has 0 aromatic heterocycles. The first kappa shape index (κ1) is 13.9. The summed E-state index contributed by atoms with van der Waals surface area (Å²) in [6.45, 7) is 1.08. The minimum atomic E-state index is -0.498. The van der Waals surface area contributed by atoms with Crippen molar-refractivity contribution in [2.75, 3.05) is 13.2 Å². The highest BCUT2D eigenvalue weighted by Gasteiger charge is 2.20. The van der Waals surface area contributed by atoms with Gasteiger partial charge >= 0.3 is 0 Å². The van der Waals surface area contributed by atoms with E-state index in [1.165, 1.54) is 0 Å². The van der Waals surface area contributed by atoms with E-state index in [0.29, 0.717) is 31.5 Å². The molecule has 0 radical (unpaired) electrons. The van der Waals surface area contributed by atoms with E-state index in [1.807, 2.05) is 12.1 Å². The van der Waals surface area contributed by atoms with Gasteiger partial charge in [0, 0.05) is 5.56 Å². The monoisotopic (exact) mass is 263 g/mol. The molecule has 5 heteroatoms. The van der Waals surface area contributed by atoms with Crippen LogP contribution in [0.4, 0.5) is 0 Å². The second-order valence-electron chi connectivity index (χ2n) is 4.50. The molecule has 19 heavy (non-hydrogen) atoms. The Labute approximate surface area is 111 Å². The Kier molecular flexibility index (Phi) is 4.79. The van der Waals surface area contributed by atoms with E-state index in [-0.39, 0.29) is 12.2 Å². The molecule has 0 amide bonds. The Hall–Kier alpha value is -1.56. The molecule has 0 bridgehead atoms. The van der Waals surface area contributed by atoms with Crippen LogP contribution in [0.1, 0.15) is 22.3 Å². The van der Waals surface area contributed by atoms with Crippen LogP contribution in [-0.2, 0) is 20.7 Å². The highest BCUT2D eigenvalue weighted by Crippen LogP contribution is 2.14. The van der Waals surface area contributed by atoms with Gasteiger partial charge in [-0.1, -0.05) is 24.3 Å². The molecule has 1 aromatic carbocycles. The summed E-state index contributed by atoms with van der Waals surface area (Å²) < 4.78 is 10.5. The summed E-state index contributed by atoms with van der Waals surface area (Å²) in [5, 5.41) is 0. The summed E-state index contributed by atoms with van der Waals surface area (Å²) in [5.41, 5.74) is 7.09. The van der Waals surface area contributed by atoms with Gasteiger partial charge in [-0.3, -0.25) is 4.79 Å². The van der Waals surface area contributed by atoms with E-state index in [2.05, 4.69) is 0 Å². The number of nitrogens with two attached hydrogens (primary N) is 1. The van der Waals surface area contributed by atoms with Gasteiger partial charge in [-0.25, -0.2) is 0 Å². The van der Waals surface area contributed by atoms with Crippen LogP contribution in [0, 0.1) is 0 Å². The Morgan fingerprint density at radius 3 is 2.53 bits per heavy atom. The van der Waals surface area contributed by atoms with Crippen molar-refractivity contribution in [3.63, 3.8) is 0 Å². The summed E-state index contributed by atoms with van der Waals surface area (Å²) in [5.74, 6) is -0.0156. The molecular weight excluding hydrogens is 246 g/mol. The molecule has 1 heterocycles. The van der Waals surface area contributed by atoms with Crippen LogP contribution in [-0.4, -0.2) is 37.6 Å². The first-order valence-electron chi connectivity index (χ1n) is 6.25. The maximum absolute atomic E-state index is 11.9. The van der Waals surface area contributed by atoms with Crippen molar-refractivity contribution in [2.45, 2.75) is 25.2 Å². The molecule has 0 unspecified atom stereocenters. The Balaban J connectivity index is 1.93. The number of hydrogen-bond acceptors (Lipinski definition) is 5. The maximum atomic E-state index is 11.9. The van der Waals surface area contributed by atoms with Crippen LogP contribution in [0.25, 0.3) is 0 Å². The predicted octanol–water partition coefficient (Wildman–Crippen LogP) is 0.701. The lowest BCUT2D eigenvalue weighted by Gasteiger charge is -2.09. The predicted molar refractivity (Wildman–Crippen MR) is 68.8 cm³/mol. The van der Waals surface area contributed by atoms with Crippen LogP contribution in [0.15, 0.2) is 24.3 Å². The van der Waals surface area contributed by atoms with Crippen molar-refractivity contribution in [3.8, 4) is 0 Å². The topological polar surface area (TPSA) is 78.6 Å². The lowest BCUT2D eigenvalue weighted by molar-refractivity contribution is -0.108. The molecule has 0 saturated carbocycles. The summed E-state index contributed by atoms with van der Waals surface area (Å²) in [4.78, 5) is 22.4. The van der Waals surface area contributed by atoms with Crippen LogP contribution in [0.3, 0.4) is 0 Å². The average Bonchev–Trinajstić information content (AvgIpc) is 2.92. The first-order valence-corrected chi connectivity index (χ1v) is 6.25. The van der Waals surface area contributed by atoms with Crippen molar-refractivity contribution >= 4 is 12.1 Å². The quantitative estimate of drug-likeness (QED) is 0.604. The summed E-state index contributed by atoms with van der Waals surface area (Å²) in [6, 6.07) is 6.61. The van der Waals surface area contributed by atoms with E-state index in [4.69, 9.17) is 15.2 Å². The molecule has 1 aliphatic rings. The van der Waals surface area contributed by atoms with Gasteiger partial charge in [-0.15, -0.1) is 0 Å². The Morgan fingerprint density at radius 1 is 1.32 bits per heavy atom. The third-order valence-electron chi connectivity index (χ3n) is 2.96. The van der Waals surface area contributed by atoms with E-state index < -0.39 is 12.3 Å². The fourth-order valence-electron chi connectivity index (χ4n) is 1.94. The highest BCUT2D eigenvalue weighted by molar-refractivity contribution is 5.96. The standard InChI is InChI=1S/C14H17NO4/c15-12(9-16)7-10-1-3-11(4-2-10)13(17)8-14-18-5-6-19-14/h1-4,9,12,14H,5-8,15H2/t12-/m0/s1. The fraction of sp³-hybridized carbons (Fsp3) is 0.429. The van der Waals surface area contributed by atoms with Crippen molar-refractivity contribution in [3.05, 3.63) is 35.4 Å². The van der Waals surface area contributed by atoms with Crippen LogP contribution in [0.2, 0.25) is 0 Å². The fourth-order valence-corrected chi connectivity index (χ4v) is 1.94. The van der Waals surface area contributed by atoms with E-state index >= 15 is 0 Å². The second kappa shape index (κ2) is 6.56. The second-order valence-corrected chi connectivity index (χ2v) is 4.50. The minimum absolute atomic E-state index is 0.0156. The molecule has 102 valence electrons. The van der Waals surface area contributed by atoms with Crippen LogP contribution >= 0.6 is 0 Å². The molecular formula is C14H17NO4. The number of rotatable bonds is 6. The molecule has 2 rings (SSSR count). The maximum Gasteiger partial charge on any atom is 0.167 e. The third kappa shape index (κ3) is 3.96. The number of hydrogen-bond donors (Lipinski definition) is 1. The SMILES string of the molecule is N[C@H](C=O)Cc1ccc(C(=O)CC2OCCO2)cc1. The van der Waals surface area contributed by atoms with E-state index in [1.54, 1.807) is 12.1 Å². The van der Waals surface area contributed by atoms with Crippen molar-refractivity contribution in [1.29, 1.82) is 0 Å². The normalized spacial score (nSPS) is 17.3. The average molecular weight is 263 g/mol. The zero-order chi connectivity index (χ0) is 13.7. The zero-order valence-corrected chi connectivity index (χ0v) is 10.6. The summed E-state index contributed by atoms with van der Waals surface area (Å²) in [6.07, 6.45) is 1.00. The van der Waals surface area contributed by atoms with Gasteiger partial charge < -0.3 is 20.0 Å². The molecule has 1 atom stereocenters. The van der Waals surface area contributed by atoms with Crippen LogP contribution < -0.4 is 5.73 Å². The van der Waals surface area contributed by atoms with Gasteiger partial charge in [-0.05, 0) is 12.0 Å². The van der Waals surface area contributed by atoms with Gasteiger partial charge in [0.25, 0.3) is 0 Å². The molecule has 1 fully saturated rings. The number of benzene rings is 1. The smallest absolute Gasteiger partial charge is 0.167 e. The minimum Gasteiger partial charge on any atom is -0.350 e. The number of ether oxygens (including phenoxy) is 2. The number of carbonyl (C=O) groups is 2. The van der Waals surface area contributed by atoms with Crippen molar-refractivity contribution in [2.24, 2.45) is 5.73 Å². The molecule has 2 N–H and O–H groups in total. The number of aldehydes is 1. The molecule has 0 spiro atoms. The highest BCUT2D eigenvalue weighted by atomic mass is 16.7. The first-order chi connectivity index (χ1) is 9.19. The molecule has 1 saturated heterocycles. The molecule has 5 nitrogen and oxygen atoms in total. The van der Waals surface area contributed by atoms with Gasteiger partial charge in [0.2, 0.25) is 0 Å². The lowest BCUT2D eigenvalue weighted by Crippen LogP contribution is -2.24. The van der Waals surface area contributed by atoms with Gasteiger partial charge in [0.1, 0.15) is 6.29 Å². The van der Waals surface area contributed by atoms with Gasteiger partial charge in [0.15, 0.2) is 12.1 Å².